The third-order valence-electron chi connectivity index (χ3n) is 11.5. The molecule has 8 aromatic rings. The molecule has 6 aromatic carbocycles. The van der Waals surface area contributed by atoms with E-state index in [0.29, 0.717) is 51.3 Å². The van der Waals surface area contributed by atoms with Gasteiger partial charge in [0.15, 0.2) is 0 Å². The van der Waals surface area contributed by atoms with Crippen molar-refractivity contribution in [3.05, 3.63) is 159 Å². The lowest BCUT2D eigenvalue weighted by Gasteiger charge is -2.17. The summed E-state index contributed by atoms with van der Waals surface area (Å²) in [7, 11) is 5.03. The third kappa shape index (κ3) is 10.9. The zero-order chi connectivity index (χ0) is 48.1. The van der Waals surface area contributed by atoms with E-state index in [1.807, 2.05) is 86.6 Å². The summed E-state index contributed by atoms with van der Waals surface area (Å²) in [6.07, 6.45) is 0. The van der Waals surface area contributed by atoms with Crippen LogP contribution in [0.3, 0.4) is 0 Å². The molecular weight excluding hydrogens is 887 g/mol. The van der Waals surface area contributed by atoms with Gasteiger partial charge in [-0.05, 0) is 133 Å². The molecule has 0 bridgehead atoms. The highest BCUT2D eigenvalue weighted by Crippen LogP contribution is 2.35. The number of carbonyl (C=O) groups is 2. The Kier molecular flexibility index (Phi) is 14.3. The van der Waals surface area contributed by atoms with Crippen LogP contribution in [0.5, 0.6) is 5.75 Å². The standard InChI is InChI=1S/C53H48ClFN6O7/c1-31-9-7-8-10-42(31)43-19-16-36(21-33(43)3)52-57-51(59-67-52)35-13-15-39(47(55)24-35)27-61(5)29-49(64)66-41-18-11-32(2)45(25-41)44-20-17-37(22-40(44)30-65-6)53-56-50(58-68-53)34-12-14-38(46(54)23-34)26-60(4)28-48(62)63/h7-25H,26-30H2,1-6H3,(H,62,63). The molecule has 0 saturated heterocycles. The molecule has 0 aliphatic carbocycles. The lowest BCUT2D eigenvalue weighted by Crippen LogP contribution is -2.29. The van der Waals surface area contributed by atoms with Crippen molar-refractivity contribution >= 4 is 23.5 Å². The Morgan fingerprint density at radius 3 is 1.87 bits per heavy atom. The highest BCUT2D eigenvalue weighted by molar-refractivity contribution is 6.31. The quantitative estimate of drug-likeness (QED) is 0.0680. The second kappa shape index (κ2) is 20.7. The molecule has 0 unspecified atom stereocenters. The first-order valence-electron chi connectivity index (χ1n) is 21.7. The minimum absolute atomic E-state index is 0.100. The van der Waals surface area contributed by atoms with E-state index in [0.717, 1.165) is 50.1 Å². The molecule has 68 heavy (non-hydrogen) atoms. The Morgan fingerprint density at radius 2 is 1.22 bits per heavy atom. The molecule has 0 atom stereocenters. The van der Waals surface area contributed by atoms with Gasteiger partial charge in [0, 0.05) is 53.0 Å². The van der Waals surface area contributed by atoms with E-state index in [9.17, 15) is 9.59 Å². The first kappa shape index (κ1) is 47.1. The predicted octanol–water partition coefficient (Wildman–Crippen LogP) is 10.9. The van der Waals surface area contributed by atoms with Crippen LogP contribution in [0.15, 0.2) is 124 Å². The number of nitrogens with zero attached hydrogens (tertiary/aromatic N) is 6. The number of benzene rings is 6. The fourth-order valence-electron chi connectivity index (χ4n) is 8.05. The summed E-state index contributed by atoms with van der Waals surface area (Å²) < 4.78 is 38.2. The molecule has 0 amide bonds. The molecule has 8 rings (SSSR count). The number of aryl methyl sites for hydroxylation is 3. The van der Waals surface area contributed by atoms with Crippen molar-refractivity contribution in [1.29, 1.82) is 0 Å². The number of carbonyl (C=O) groups excluding carboxylic acids is 1. The molecule has 0 saturated carbocycles. The smallest absolute Gasteiger partial charge is 0.325 e. The van der Waals surface area contributed by atoms with E-state index < -0.39 is 17.8 Å². The highest BCUT2D eigenvalue weighted by atomic mass is 35.5. The number of carboxylic acid groups (broad SMARTS) is 1. The van der Waals surface area contributed by atoms with Gasteiger partial charge in [0.25, 0.3) is 11.8 Å². The number of hydrogen-bond donors (Lipinski definition) is 1. The second-order valence-electron chi connectivity index (χ2n) is 16.8. The zero-order valence-electron chi connectivity index (χ0n) is 38.3. The van der Waals surface area contributed by atoms with Crippen LogP contribution in [0, 0.1) is 26.6 Å². The molecule has 0 aliphatic heterocycles. The Balaban J connectivity index is 0.899. The number of carboxylic acids is 1. The fourth-order valence-corrected chi connectivity index (χ4v) is 8.29. The van der Waals surface area contributed by atoms with Crippen LogP contribution in [0.25, 0.3) is 67.9 Å². The number of aliphatic carboxylic acids is 1. The highest BCUT2D eigenvalue weighted by Gasteiger charge is 2.20. The maximum atomic E-state index is 15.5. The number of rotatable bonds is 17. The average Bonchev–Trinajstić information content (AvgIpc) is 4.01. The van der Waals surface area contributed by atoms with Crippen molar-refractivity contribution in [1.82, 2.24) is 30.1 Å². The summed E-state index contributed by atoms with van der Waals surface area (Å²) in [5.74, 6) is -0.330. The minimum atomic E-state index is -0.924. The topological polar surface area (TPSA) is 157 Å². The van der Waals surface area contributed by atoms with Gasteiger partial charge in [0.1, 0.15) is 11.6 Å². The number of hydrogen-bond acceptors (Lipinski definition) is 12. The second-order valence-corrected chi connectivity index (χ2v) is 17.2. The monoisotopic (exact) mass is 934 g/mol. The van der Waals surface area contributed by atoms with Gasteiger partial charge < -0.3 is 23.6 Å². The van der Waals surface area contributed by atoms with E-state index in [1.165, 1.54) is 11.6 Å². The molecule has 0 radical (unpaired) electrons. The van der Waals surface area contributed by atoms with Crippen LogP contribution in [-0.2, 0) is 34.0 Å². The van der Waals surface area contributed by atoms with E-state index >= 15 is 4.39 Å². The average molecular weight is 935 g/mol. The maximum Gasteiger partial charge on any atom is 0.325 e. The van der Waals surface area contributed by atoms with Gasteiger partial charge in [-0.15, -0.1) is 0 Å². The Hall–Kier alpha value is -7.36. The number of ether oxygens (including phenoxy) is 2. The summed E-state index contributed by atoms with van der Waals surface area (Å²) in [5.41, 5.74) is 11.7. The molecule has 0 spiro atoms. The number of esters is 1. The molecule has 13 nitrogen and oxygen atoms in total. The molecule has 15 heteroatoms. The van der Waals surface area contributed by atoms with E-state index in [-0.39, 0.29) is 38.0 Å². The van der Waals surface area contributed by atoms with E-state index in [2.05, 4.69) is 39.3 Å². The van der Waals surface area contributed by atoms with Gasteiger partial charge in [-0.3, -0.25) is 19.4 Å². The Labute approximate surface area is 397 Å². The zero-order valence-corrected chi connectivity index (χ0v) is 39.1. The molecule has 2 aromatic heterocycles. The van der Waals surface area contributed by atoms with Crippen LogP contribution >= 0.6 is 11.6 Å². The van der Waals surface area contributed by atoms with Crippen molar-refractivity contribution in [2.45, 2.75) is 40.5 Å². The van der Waals surface area contributed by atoms with Gasteiger partial charge in [-0.2, -0.15) is 9.97 Å². The Bertz CT molecular complexity index is 3150. The van der Waals surface area contributed by atoms with E-state index in [4.69, 9.17) is 35.2 Å². The van der Waals surface area contributed by atoms with Crippen LogP contribution in [0.2, 0.25) is 5.02 Å². The minimum Gasteiger partial charge on any atom is -0.480 e. The van der Waals surface area contributed by atoms with Gasteiger partial charge in [0.05, 0.1) is 19.7 Å². The Morgan fingerprint density at radius 1 is 0.632 bits per heavy atom. The van der Waals surface area contributed by atoms with Gasteiger partial charge >= 0.3 is 11.9 Å². The third-order valence-corrected chi connectivity index (χ3v) is 11.8. The molecule has 0 fully saturated rings. The summed E-state index contributed by atoms with van der Waals surface area (Å²) in [4.78, 5) is 36.8. The van der Waals surface area contributed by atoms with Gasteiger partial charge in [0.2, 0.25) is 11.6 Å². The molecule has 2 heterocycles. The maximum absolute atomic E-state index is 15.5. The van der Waals surface area contributed by atoms with Crippen molar-refractivity contribution in [3.8, 4) is 73.7 Å². The van der Waals surface area contributed by atoms with Crippen molar-refractivity contribution in [3.63, 3.8) is 0 Å². The van der Waals surface area contributed by atoms with Crippen LogP contribution in [0.4, 0.5) is 4.39 Å². The summed E-state index contributed by atoms with van der Waals surface area (Å²) in [6, 6.07) is 35.4. The predicted molar refractivity (Wildman–Crippen MR) is 257 cm³/mol. The molecule has 0 aliphatic rings. The van der Waals surface area contributed by atoms with Gasteiger partial charge in [-0.25, -0.2) is 4.39 Å². The van der Waals surface area contributed by atoms with Gasteiger partial charge in [-0.1, -0.05) is 88.6 Å². The number of likely N-dealkylation sites (N-methyl/N-ethyl adjacent to an activating group) is 2. The van der Waals surface area contributed by atoms with Crippen LogP contribution in [0.1, 0.15) is 33.4 Å². The summed E-state index contributed by atoms with van der Waals surface area (Å²) >= 11 is 6.55. The molecule has 1 N–H and O–H groups in total. The summed E-state index contributed by atoms with van der Waals surface area (Å²) in [6.45, 7) is 6.65. The SMILES string of the molecule is COCc1cc(-c2nc(-c3ccc(CN(C)CC(=O)O)c(Cl)c3)no2)ccc1-c1cc(OC(=O)CN(C)Cc2ccc(-c3noc(-c4ccc(-c5ccccc5C)c(C)c4)n3)cc2F)ccc1C. The van der Waals surface area contributed by atoms with Crippen LogP contribution in [-0.4, -0.2) is 81.4 Å². The fraction of sp³-hybridized carbons (Fsp3) is 0.208. The largest absolute Gasteiger partial charge is 0.480 e. The summed E-state index contributed by atoms with van der Waals surface area (Å²) in [5, 5.41) is 17.9. The van der Waals surface area contributed by atoms with Crippen LogP contribution < -0.4 is 4.74 Å². The van der Waals surface area contributed by atoms with Crippen molar-refractivity contribution < 1.29 is 37.6 Å². The number of methoxy groups -OCH3 is 1. The van der Waals surface area contributed by atoms with Crippen molar-refractivity contribution in [2.75, 3.05) is 34.3 Å². The van der Waals surface area contributed by atoms with Crippen molar-refractivity contribution in [2.24, 2.45) is 0 Å². The van der Waals surface area contributed by atoms with E-state index in [1.54, 1.807) is 55.3 Å². The lowest BCUT2D eigenvalue weighted by molar-refractivity contribution is -0.138. The number of aromatic nitrogens is 4. The normalized spacial score (nSPS) is 11.4. The molecule has 346 valence electrons. The lowest BCUT2D eigenvalue weighted by atomic mass is 9.94. The number of halogens is 2. The first-order valence-corrected chi connectivity index (χ1v) is 22.1. The first-order chi connectivity index (χ1) is 32.7. The molecular formula is C53H48ClFN6O7.